The van der Waals surface area contributed by atoms with Crippen LogP contribution in [-0.4, -0.2) is 19.2 Å². The summed E-state index contributed by atoms with van der Waals surface area (Å²) in [5.41, 5.74) is 0.393. The Hall–Kier alpha value is -1.62. The highest BCUT2D eigenvalue weighted by atomic mass is 32.2. The first-order valence-electron chi connectivity index (χ1n) is 7.27. The summed E-state index contributed by atoms with van der Waals surface area (Å²) in [7, 11) is -3.52. The van der Waals surface area contributed by atoms with Crippen molar-refractivity contribution in [3.63, 3.8) is 0 Å². The summed E-state index contributed by atoms with van der Waals surface area (Å²) in [5, 5.41) is 0.468. The number of hydrogen-bond acceptors (Lipinski definition) is 3. The molecule has 0 radical (unpaired) electrons. The van der Waals surface area contributed by atoms with Gasteiger partial charge in [0.1, 0.15) is 4.90 Å². The summed E-state index contributed by atoms with van der Waals surface area (Å²) >= 11 is 0. The SMILES string of the molecule is CCCCCCn1cc(S(C)(=O)=O)c(=O)c2ccccc21. The van der Waals surface area contributed by atoms with E-state index in [1.807, 2.05) is 16.7 Å². The third-order valence-corrected chi connectivity index (χ3v) is 4.70. The van der Waals surface area contributed by atoms with Crippen LogP contribution in [0.5, 0.6) is 0 Å². The topological polar surface area (TPSA) is 56.1 Å². The first-order chi connectivity index (χ1) is 9.95. The summed E-state index contributed by atoms with van der Waals surface area (Å²) in [6.45, 7) is 2.87. The zero-order valence-electron chi connectivity index (χ0n) is 12.5. The molecule has 5 heteroatoms. The number of aromatic nitrogens is 1. The van der Waals surface area contributed by atoms with E-state index in [2.05, 4.69) is 6.92 Å². The lowest BCUT2D eigenvalue weighted by molar-refractivity contribution is 0.581. The minimum Gasteiger partial charge on any atom is -0.346 e. The van der Waals surface area contributed by atoms with Crippen LogP contribution < -0.4 is 5.43 Å². The number of rotatable bonds is 6. The van der Waals surface area contributed by atoms with Crippen LogP contribution in [0, 0.1) is 0 Å². The molecule has 4 nitrogen and oxygen atoms in total. The number of unbranched alkanes of at least 4 members (excludes halogenated alkanes) is 3. The van der Waals surface area contributed by atoms with Crippen LogP contribution >= 0.6 is 0 Å². The van der Waals surface area contributed by atoms with Gasteiger partial charge in [-0.25, -0.2) is 8.42 Å². The maximum absolute atomic E-state index is 12.3. The van der Waals surface area contributed by atoms with Gasteiger partial charge in [0.2, 0.25) is 5.43 Å². The van der Waals surface area contributed by atoms with Crippen molar-refractivity contribution in [2.24, 2.45) is 0 Å². The minimum atomic E-state index is -3.52. The Kier molecular flexibility index (Phi) is 4.83. The van der Waals surface area contributed by atoms with Crippen LogP contribution in [0.4, 0.5) is 0 Å². The van der Waals surface area contributed by atoms with E-state index in [1.165, 1.54) is 6.20 Å². The normalized spacial score (nSPS) is 11.9. The van der Waals surface area contributed by atoms with E-state index in [4.69, 9.17) is 0 Å². The molecule has 0 bridgehead atoms. The first kappa shape index (κ1) is 15.8. The molecule has 0 amide bonds. The number of aryl methyl sites for hydroxylation is 1. The highest BCUT2D eigenvalue weighted by Gasteiger charge is 2.16. The zero-order chi connectivity index (χ0) is 15.5. The van der Waals surface area contributed by atoms with Gasteiger partial charge in [-0.15, -0.1) is 0 Å². The highest BCUT2D eigenvalue weighted by molar-refractivity contribution is 7.90. The first-order valence-corrected chi connectivity index (χ1v) is 9.16. The zero-order valence-corrected chi connectivity index (χ0v) is 13.3. The molecule has 0 unspecified atom stereocenters. The van der Waals surface area contributed by atoms with Gasteiger partial charge in [-0.2, -0.15) is 0 Å². The molecule has 0 aliphatic carbocycles. The van der Waals surface area contributed by atoms with Crippen LogP contribution in [0.2, 0.25) is 0 Å². The van der Waals surface area contributed by atoms with Crippen LogP contribution in [0.1, 0.15) is 32.6 Å². The monoisotopic (exact) mass is 307 g/mol. The second-order valence-corrected chi connectivity index (χ2v) is 7.35. The number of fused-ring (bicyclic) bond motifs is 1. The van der Waals surface area contributed by atoms with E-state index in [0.29, 0.717) is 5.39 Å². The Labute approximate surface area is 125 Å². The average molecular weight is 307 g/mol. The fourth-order valence-electron chi connectivity index (χ4n) is 2.48. The van der Waals surface area contributed by atoms with Gasteiger partial charge in [0, 0.05) is 24.4 Å². The van der Waals surface area contributed by atoms with E-state index >= 15 is 0 Å². The van der Waals surface area contributed by atoms with Gasteiger partial charge in [-0.3, -0.25) is 4.79 Å². The molecule has 0 saturated heterocycles. The van der Waals surface area contributed by atoms with E-state index in [-0.39, 0.29) is 4.90 Å². The van der Waals surface area contributed by atoms with Crippen LogP contribution in [0.15, 0.2) is 40.2 Å². The van der Waals surface area contributed by atoms with Crippen molar-refractivity contribution >= 4 is 20.7 Å². The molecule has 1 aromatic heterocycles. The van der Waals surface area contributed by atoms with Crippen molar-refractivity contribution in [1.82, 2.24) is 4.57 Å². The van der Waals surface area contributed by atoms with Crippen molar-refractivity contribution < 1.29 is 8.42 Å². The number of hydrogen-bond donors (Lipinski definition) is 0. The van der Waals surface area contributed by atoms with E-state index in [1.54, 1.807) is 12.1 Å². The van der Waals surface area contributed by atoms with Gasteiger partial charge in [-0.1, -0.05) is 38.3 Å². The number of sulfone groups is 1. The smallest absolute Gasteiger partial charge is 0.208 e. The molecule has 0 aliphatic rings. The molecule has 0 atom stereocenters. The summed E-state index contributed by atoms with van der Waals surface area (Å²) < 4.78 is 25.5. The van der Waals surface area contributed by atoms with Gasteiger partial charge < -0.3 is 4.57 Å². The standard InChI is InChI=1S/C16H21NO3S/c1-3-4-5-8-11-17-12-15(21(2,19)20)16(18)13-9-6-7-10-14(13)17/h6-7,9-10,12H,3-5,8,11H2,1-2H3. The molecular weight excluding hydrogens is 286 g/mol. The van der Waals surface area contributed by atoms with Crippen LogP contribution in [0.3, 0.4) is 0 Å². The molecule has 0 aliphatic heterocycles. The number of nitrogens with zero attached hydrogens (tertiary/aromatic N) is 1. The van der Waals surface area contributed by atoms with Crippen molar-refractivity contribution in [3.05, 3.63) is 40.7 Å². The summed E-state index contributed by atoms with van der Waals surface area (Å²) in [5.74, 6) is 0. The van der Waals surface area contributed by atoms with Gasteiger partial charge in [-0.05, 0) is 18.6 Å². The van der Waals surface area contributed by atoms with Crippen LogP contribution in [-0.2, 0) is 16.4 Å². The fraction of sp³-hybridized carbons (Fsp3) is 0.438. The number of pyridine rings is 1. The van der Waals surface area contributed by atoms with Gasteiger partial charge >= 0.3 is 0 Å². The van der Waals surface area contributed by atoms with Gasteiger partial charge in [0.05, 0.1) is 5.52 Å². The lowest BCUT2D eigenvalue weighted by Crippen LogP contribution is -2.18. The summed E-state index contributed by atoms with van der Waals surface area (Å²) in [6.07, 6.45) is 6.97. The highest BCUT2D eigenvalue weighted by Crippen LogP contribution is 2.15. The Morgan fingerprint density at radius 1 is 1.10 bits per heavy atom. The molecule has 0 N–H and O–H groups in total. The largest absolute Gasteiger partial charge is 0.346 e. The Balaban J connectivity index is 2.53. The molecule has 0 spiro atoms. The predicted molar refractivity (Wildman–Crippen MR) is 85.5 cm³/mol. The van der Waals surface area contributed by atoms with E-state index in [0.717, 1.165) is 44.0 Å². The Morgan fingerprint density at radius 3 is 2.48 bits per heavy atom. The lowest BCUT2D eigenvalue weighted by Gasteiger charge is -2.12. The van der Waals surface area contributed by atoms with Crippen molar-refractivity contribution in [2.75, 3.05) is 6.26 Å². The van der Waals surface area contributed by atoms with E-state index < -0.39 is 15.3 Å². The van der Waals surface area contributed by atoms with E-state index in [9.17, 15) is 13.2 Å². The molecule has 1 aromatic carbocycles. The fourth-order valence-corrected chi connectivity index (χ4v) is 3.24. The lowest BCUT2D eigenvalue weighted by atomic mass is 10.2. The second kappa shape index (κ2) is 6.43. The maximum atomic E-state index is 12.3. The molecule has 0 fully saturated rings. The average Bonchev–Trinajstić information content (AvgIpc) is 2.44. The third kappa shape index (κ3) is 3.53. The molecule has 2 aromatic rings. The number of benzene rings is 1. The minimum absolute atomic E-state index is 0.114. The Morgan fingerprint density at radius 2 is 1.81 bits per heavy atom. The second-order valence-electron chi connectivity index (χ2n) is 5.37. The summed E-state index contributed by atoms with van der Waals surface area (Å²) in [6, 6.07) is 7.18. The Bertz CT molecular complexity index is 791. The molecular formula is C16H21NO3S. The molecule has 0 saturated carbocycles. The third-order valence-electron chi connectivity index (χ3n) is 3.61. The van der Waals surface area contributed by atoms with Gasteiger partial charge in [0.15, 0.2) is 9.84 Å². The quantitative estimate of drug-likeness (QED) is 0.771. The molecule has 114 valence electrons. The number of para-hydroxylation sites is 1. The van der Waals surface area contributed by atoms with Crippen molar-refractivity contribution in [2.45, 2.75) is 44.0 Å². The van der Waals surface area contributed by atoms with Crippen LogP contribution in [0.25, 0.3) is 10.9 Å². The maximum Gasteiger partial charge on any atom is 0.208 e. The van der Waals surface area contributed by atoms with Gasteiger partial charge in [0.25, 0.3) is 0 Å². The molecule has 1 heterocycles. The molecule has 21 heavy (non-hydrogen) atoms. The van der Waals surface area contributed by atoms with Crippen molar-refractivity contribution in [1.29, 1.82) is 0 Å². The molecule has 2 rings (SSSR count). The van der Waals surface area contributed by atoms with Crippen molar-refractivity contribution in [3.8, 4) is 0 Å². The predicted octanol–water partition coefficient (Wildman–Crippen LogP) is 2.99. The summed E-state index contributed by atoms with van der Waals surface area (Å²) in [4.78, 5) is 12.2.